The van der Waals surface area contributed by atoms with E-state index in [-0.39, 0.29) is 0 Å². The second-order valence-corrected chi connectivity index (χ2v) is 3.63. The van der Waals surface area contributed by atoms with Crippen molar-refractivity contribution in [3.63, 3.8) is 0 Å². The van der Waals surface area contributed by atoms with Crippen molar-refractivity contribution < 1.29 is 4.42 Å². The van der Waals surface area contributed by atoms with E-state index in [4.69, 9.17) is 4.42 Å². The van der Waals surface area contributed by atoms with Gasteiger partial charge in [0.1, 0.15) is 11.4 Å². The normalized spacial score (nSPS) is 10.4. The number of hydrogen-bond donors (Lipinski definition) is 0. The van der Waals surface area contributed by atoms with Gasteiger partial charge in [-0.2, -0.15) is 4.98 Å². The maximum absolute atomic E-state index is 5.66. The summed E-state index contributed by atoms with van der Waals surface area (Å²) in [5.41, 5.74) is 2.53. The fraction of sp³-hybridized carbons (Fsp3) is 0.286. The zero-order valence-electron chi connectivity index (χ0n) is 10.6. The van der Waals surface area contributed by atoms with Gasteiger partial charge in [-0.05, 0) is 19.9 Å². The summed E-state index contributed by atoms with van der Waals surface area (Å²) in [6.07, 6.45) is 0. The monoisotopic (exact) mass is 228 g/mol. The molecule has 0 bridgehead atoms. The molecule has 3 aromatic rings. The van der Waals surface area contributed by atoms with E-state index in [1.807, 2.05) is 52.0 Å². The minimum absolute atomic E-state index is 0.682. The minimum Gasteiger partial charge on any atom is -0.438 e. The summed E-state index contributed by atoms with van der Waals surface area (Å²) >= 11 is 0. The van der Waals surface area contributed by atoms with E-state index in [1.165, 1.54) is 0 Å². The number of rotatable bonds is 0. The number of aryl methyl sites for hydroxylation is 2. The first-order valence-corrected chi connectivity index (χ1v) is 5.88. The van der Waals surface area contributed by atoms with Crippen molar-refractivity contribution in [1.29, 1.82) is 0 Å². The van der Waals surface area contributed by atoms with Gasteiger partial charge >= 0.3 is 0 Å². The highest BCUT2D eigenvalue weighted by Gasteiger charge is 2.10. The highest BCUT2D eigenvalue weighted by molar-refractivity contribution is 6.04. The molecule has 3 rings (SSSR count). The number of fused-ring (bicyclic) bond motifs is 3. The van der Waals surface area contributed by atoms with Gasteiger partial charge < -0.3 is 4.42 Å². The molecule has 2 aromatic heterocycles. The summed E-state index contributed by atoms with van der Waals surface area (Å²) in [6.45, 7) is 7.86. The van der Waals surface area contributed by atoms with Gasteiger partial charge in [-0.3, -0.25) is 0 Å². The molecule has 0 unspecified atom stereocenters. The van der Waals surface area contributed by atoms with Crippen molar-refractivity contribution in [3.8, 4) is 0 Å². The van der Waals surface area contributed by atoms with Crippen LogP contribution in [0, 0.1) is 13.8 Å². The van der Waals surface area contributed by atoms with Gasteiger partial charge in [0.25, 0.3) is 0 Å². The van der Waals surface area contributed by atoms with Crippen molar-refractivity contribution >= 4 is 22.1 Å². The lowest BCUT2D eigenvalue weighted by atomic mass is 10.2. The largest absolute Gasteiger partial charge is 0.438 e. The van der Waals surface area contributed by atoms with Crippen LogP contribution in [0.4, 0.5) is 0 Å². The smallest absolute Gasteiger partial charge is 0.230 e. The molecular weight excluding hydrogens is 212 g/mol. The second kappa shape index (κ2) is 4.53. The molecule has 0 aliphatic rings. The molecule has 3 heteroatoms. The number of hydrogen-bond acceptors (Lipinski definition) is 3. The molecule has 0 atom stereocenters. The molecule has 0 fully saturated rings. The molecule has 0 aliphatic carbocycles. The first-order chi connectivity index (χ1) is 8.25. The van der Waals surface area contributed by atoms with Gasteiger partial charge in [0.2, 0.25) is 5.71 Å². The first-order valence-electron chi connectivity index (χ1n) is 5.88. The van der Waals surface area contributed by atoms with Crippen molar-refractivity contribution in [2.75, 3.05) is 0 Å². The molecule has 0 saturated carbocycles. The zero-order chi connectivity index (χ0) is 12.4. The van der Waals surface area contributed by atoms with Gasteiger partial charge in [-0.15, -0.1) is 0 Å². The Kier molecular flexibility index (Phi) is 3.09. The third-order valence-electron chi connectivity index (χ3n) is 2.53. The number of aromatic nitrogens is 2. The predicted octanol–water partition coefficient (Wildman–Crippen LogP) is 4.02. The van der Waals surface area contributed by atoms with Gasteiger partial charge in [0.05, 0.1) is 11.1 Å². The molecule has 0 spiro atoms. The second-order valence-electron chi connectivity index (χ2n) is 3.63. The average molecular weight is 228 g/mol. The summed E-state index contributed by atoms with van der Waals surface area (Å²) in [5.74, 6) is 0.749. The van der Waals surface area contributed by atoms with E-state index < -0.39 is 0 Å². The van der Waals surface area contributed by atoms with E-state index in [9.17, 15) is 0 Å². The summed E-state index contributed by atoms with van der Waals surface area (Å²) in [6, 6.07) is 7.94. The maximum Gasteiger partial charge on any atom is 0.230 e. The van der Waals surface area contributed by atoms with Crippen molar-refractivity contribution in [2.24, 2.45) is 0 Å². The molecule has 0 aliphatic heterocycles. The minimum atomic E-state index is 0.682. The molecule has 88 valence electrons. The topological polar surface area (TPSA) is 38.9 Å². The standard InChI is InChI=1S/C12H10N2O.C2H6/c1-7-11-9-5-3-4-6-10(9)15-12(11)14-8(2)13-7;1-2/h3-6H,1-2H3;1-2H3. The number of furan rings is 1. The fourth-order valence-corrected chi connectivity index (χ4v) is 1.93. The third kappa shape index (κ3) is 1.88. The zero-order valence-corrected chi connectivity index (χ0v) is 10.6. The van der Waals surface area contributed by atoms with Crippen LogP contribution < -0.4 is 0 Å². The quantitative estimate of drug-likeness (QED) is 0.583. The van der Waals surface area contributed by atoms with Crippen molar-refractivity contribution in [2.45, 2.75) is 27.7 Å². The highest BCUT2D eigenvalue weighted by Crippen LogP contribution is 2.28. The van der Waals surface area contributed by atoms with E-state index in [2.05, 4.69) is 9.97 Å². The van der Waals surface area contributed by atoms with Crippen LogP contribution in [0.1, 0.15) is 25.4 Å². The lowest BCUT2D eigenvalue weighted by Crippen LogP contribution is -1.90. The molecular formula is C14H16N2O. The van der Waals surface area contributed by atoms with Gasteiger partial charge in [0, 0.05) is 5.39 Å². The molecule has 0 N–H and O–H groups in total. The third-order valence-corrected chi connectivity index (χ3v) is 2.53. The Balaban J connectivity index is 0.000000514. The van der Waals surface area contributed by atoms with Gasteiger partial charge in [-0.1, -0.05) is 32.0 Å². The van der Waals surface area contributed by atoms with Crippen LogP contribution in [0.5, 0.6) is 0 Å². The lowest BCUT2D eigenvalue weighted by molar-refractivity contribution is 0.650. The van der Waals surface area contributed by atoms with E-state index in [0.29, 0.717) is 5.71 Å². The highest BCUT2D eigenvalue weighted by atomic mass is 16.3. The molecule has 0 amide bonds. The van der Waals surface area contributed by atoms with Crippen LogP contribution in [-0.2, 0) is 0 Å². The average Bonchev–Trinajstić information content (AvgIpc) is 2.69. The SMILES string of the molecule is CC.Cc1nc(C)c2c(n1)oc1ccccc12. The summed E-state index contributed by atoms with van der Waals surface area (Å²) in [7, 11) is 0. The van der Waals surface area contributed by atoms with Gasteiger partial charge in [0.15, 0.2) is 0 Å². The van der Waals surface area contributed by atoms with Crippen molar-refractivity contribution in [3.05, 3.63) is 35.8 Å². The first kappa shape index (κ1) is 11.6. The molecule has 3 nitrogen and oxygen atoms in total. The van der Waals surface area contributed by atoms with Crippen LogP contribution in [0.15, 0.2) is 28.7 Å². The molecule has 17 heavy (non-hydrogen) atoms. The molecule has 2 heterocycles. The van der Waals surface area contributed by atoms with Crippen molar-refractivity contribution in [1.82, 2.24) is 9.97 Å². The fourth-order valence-electron chi connectivity index (χ4n) is 1.93. The van der Waals surface area contributed by atoms with Crippen LogP contribution in [0.2, 0.25) is 0 Å². The molecule has 0 saturated heterocycles. The Morgan fingerprint density at radius 2 is 1.71 bits per heavy atom. The lowest BCUT2D eigenvalue weighted by Gasteiger charge is -1.95. The summed E-state index contributed by atoms with van der Waals surface area (Å²) in [4.78, 5) is 8.65. The Hall–Kier alpha value is -1.90. The maximum atomic E-state index is 5.66. The molecule has 0 radical (unpaired) electrons. The van der Waals surface area contributed by atoms with E-state index in [1.54, 1.807) is 0 Å². The van der Waals surface area contributed by atoms with Crippen LogP contribution in [0.3, 0.4) is 0 Å². The van der Waals surface area contributed by atoms with Crippen LogP contribution in [0.25, 0.3) is 22.1 Å². The Morgan fingerprint density at radius 1 is 1.00 bits per heavy atom. The number of nitrogens with zero attached hydrogens (tertiary/aromatic N) is 2. The Morgan fingerprint density at radius 3 is 2.47 bits per heavy atom. The van der Waals surface area contributed by atoms with E-state index in [0.717, 1.165) is 27.9 Å². The van der Waals surface area contributed by atoms with E-state index >= 15 is 0 Å². The summed E-state index contributed by atoms with van der Waals surface area (Å²) < 4.78 is 5.66. The number of benzene rings is 1. The summed E-state index contributed by atoms with van der Waals surface area (Å²) in [5, 5.41) is 2.11. The van der Waals surface area contributed by atoms with Crippen LogP contribution >= 0.6 is 0 Å². The van der Waals surface area contributed by atoms with Gasteiger partial charge in [-0.25, -0.2) is 4.98 Å². The number of para-hydroxylation sites is 1. The van der Waals surface area contributed by atoms with Crippen LogP contribution in [-0.4, -0.2) is 9.97 Å². The molecule has 1 aromatic carbocycles. The Bertz CT molecular complexity index is 656. The predicted molar refractivity (Wildman–Crippen MR) is 70.1 cm³/mol. The Labute approximate surface area is 100 Å².